The molecule has 1 fully saturated rings. The van der Waals surface area contributed by atoms with Crippen LogP contribution >= 0.6 is 0 Å². The minimum Gasteiger partial charge on any atom is -0.487 e. The number of benzene rings is 1. The van der Waals surface area contributed by atoms with E-state index in [9.17, 15) is 14.7 Å². The summed E-state index contributed by atoms with van der Waals surface area (Å²) in [4.78, 5) is 23.9. The van der Waals surface area contributed by atoms with Gasteiger partial charge in [0, 0.05) is 17.9 Å². The molecule has 3 rings (SSSR count). The van der Waals surface area contributed by atoms with Gasteiger partial charge in [-0.05, 0) is 39.2 Å². The SMILES string of the molecule is CC1(C)CC(NC(=O)C2CCCC(C(=O)O)C2)c2ccccc2O1. The number of aliphatic carboxylic acids is 1. The lowest BCUT2D eigenvalue weighted by Gasteiger charge is -2.38. The van der Waals surface area contributed by atoms with Crippen LogP contribution in [-0.2, 0) is 9.59 Å². The molecule has 1 saturated carbocycles. The highest BCUT2D eigenvalue weighted by Gasteiger charge is 2.37. The first-order valence-corrected chi connectivity index (χ1v) is 8.67. The van der Waals surface area contributed by atoms with Gasteiger partial charge in [0.25, 0.3) is 0 Å². The van der Waals surface area contributed by atoms with Crippen LogP contribution in [0.1, 0.15) is 57.6 Å². The maximum Gasteiger partial charge on any atom is 0.306 e. The Balaban J connectivity index is 1.73. The van der Waals surface area contributed by atoms with Crippen molar-refractivity contribution >= 4 is 11.9 Å². The van der Waals surface area contributed by atoms with Gasteiger partial charge < -0.3 is 15.2 Å². The number of carboxylic acid groups (broad SMARTS) is 1. The summed E-state index contributed by atoms with van der Waals surface area (Å²) >= 11 is 0. The molecule has 1 aliphatic carbocycles. The lowest BCUT2D eigenvalue weighted by molar-refractivity contribution is -0.144. The van der Waals surface area contributed by atoms with Crippen LogP contribution in [0.4, 0.5) is 0 Å². The lowest BCUT2D eigenvalue weighted by Crippen LogP contribution is -2.43. The molecule has 0 bridgehead atoms. The van der Waals surface area contributed by atoms with Crippen molar-refractivity contribution in [3.05, 3.63) is 29.8 Å². The van der Waals surface area contributed by atoms with Crippen LogP contribution in [0.3, 0.4) is 0 Å². The third-order valence-corrected chi connectivity index (χ3v) is 5.09. The first kappa shape index (κ1) is 16.8. The molecule has 2 aliphatic rings. The molecule has 5 nitrogen and oxygen atoms in total. The minimum atomic E-state index is -0.787. The topological polar surface area (TPSA) is 75.6 Å². The number of fused-ring (bicyclic) bond motifs is 1. The predicted octanol–water partition coefficient (Wildman–Crippen LogP) is 3.30. The molecule has 0 aromatic heterocycles. The molecule has 3 unspecified atom stereocenters. The molecule has 0 radical (unpaired) electrons. The highest BCUT2D eigenvalue weighted by molar-refractivity contribution is 5.80. The number of nitrogens with one attached hydrogen (secondary N) is 1. The maximum absolute atomic E-state index is 12.7. The van der Waals surface area contributed by atoms with Crippen molar-refractivity contribution in [3.63, 3.8) is 0 Å². The molecule has 1 heterocycles. The molecule has 0 saturated heterocycles. The number of carbonyl (C=O) groups is 2. The van der Waals surface area contributed by atoms with Crippen LogP contribution < -0.4 is 10.1 Å². The molecule has 130 valence electrons. The average Bonchev–Trinajstić information content (AvgIpc) is 2.54. The van der Waals surface area contributed by atoms with E-state index in [4.69, 9.17) is 4.74 Å². The normalized spacial score (nSPS) is 28.3. The second-order valence-corrected chi connectivity index (χ2v) is 7.56. The Morgan fingerprint density at radius 3 is 2.67 bits per heavy atom. The number of hydrogen-bond acceptors (Lipinski definition) is 3. The summed E-state index contributed by atoms with van der Waals surface area (Å²) in [5.74, 6) is -0.611. The lowest BCUT2D eigenvalue weighted by atomic mass is 9.80. The molecule has 24 heavy (non-hydrogen) atoms. The summed E-state index contributed by atoms with van der Waals surface area (Å²) in [6.45, 7) is 4.03. The fourth-order valence-corrected chi connectivity index (χ4v) is 3.87. The highest BCUT2D eigenvalue weighted by Crippen LogP contribution is 2.39. The van der Waals surface area contributed by atoms with Crippen LogP contribution in [0.15, 0.2) is 24.3 Å². The summed E-state index contributed by atoms with van der Waals surface area (Å²) in [7, 11) is 0. The van der Waals surface area contributed by atoms with E-state index in [1.54, 1.807) is 0 Å². The quantitative estimate of drug-likeness (QED) is 0.891. The van der Waals surface area contributed by atoms with Gasteiger partial charge in [-0.15, -0.1) is 0 Å². The third-order valence-electron chi connectivity index (χ3n) is 5.09. The van der Waals surface area contributed by atoms with Gasteiger partial charge in [-0.25, -0.2) is 0 Å². The number of carbonyl (C=O) groups excluding carboxylic acids is 1. The first-order valence-electron chi connectivity index (χ1n) is 8.67. The molecule has 1 aliphatic heterocycles. The molecule has 3 atom stereocenters. The fraction of sp³-hybridized carbons (Fsp3) is 0.579. The summed E-state index contributed by atoms with van der Waals surface area (Å²) in [6.07, 6.45) is 3.38. The Labute approximate surface area is 142 Å². The van der Waals surface area contributed by atoms with Gasteiger partial charge in [-0.3, -0.25) is 9.59 Å². The molecular formula is C19H25NO4. The van der Waals surface area contributed by atoms with Crippen molar-refractivity contribution in [2.24, 2.45) is 11.8 Å². The monoisotopic (exact) mass is 331 g/mol. The van der Waals surface area contributed by atoms with Crippen molar-refractivity contribution in [1.82, 2.24) is 5.32 Å². The van der Waals surface area contributed by atoms with Crippen LogP contribution in [0.5, 0.6) is 5.75 Å². The summed E-state index contributed by atoms with van der Waals surface area (Å²) in [6, 6.07) is 7.69. The van der Waals surface area contributed by atoms with Gasteiger partial charge in [0.05, 0.1) is 12.0 Å². The Morgan fingerprint density at radius 2 is 1.92 bits per heavy atom. The van der Waals surface area contributed by atoms with Gasteiger partial charge >= 0.3 is 5.97 Å². The summed E-state index contributed by atoms with van der Waals surface area (Å²) in [5.41, 5.74) is 0.651. The molecule has 2 N–H and O–H groups in total. The molecule has 5 heteroatoms. The largest absolute Gasteiger partial charge is 0.487 e. The van der Waals surface area contributed by atoms with Gasteiger partial charge in [0.2, 0.25) is 5.91 Å². The van der Waals surface area contributed by atoms with Crippen LogP contribution in [0, 0.1) is 11.8 Å². The Hall–Kier alpha value is -2.04. The van der Waals surface area contributed by atoms with E-state index in [0.29, 0.717) is 19.3 Å². The molecule has 0 spiro atoms. The van der Waals surface area contributed by atoms with Crippen LogP contribution in [0.25, 0.3) is 0 Å². The Kier molecular flexibility index (Phi) is 4.52. The zero-order valence-electron chi connectivity index (χ0n) is 14.2. The smallest absolute Gasteiger partial charge is 0.306 e. The summed E-state index contributed by atoms with van der Waals surface area (Å²) < 4.78 is 6.00. The first-order chi connectivity index (χ1) is 11.4. The third kappa shape index (κ3) is 3.55. The number of rotatable bonds is 3. The van der Waals surface area contributed by atoms with Gasteiger partial charge in [-0.1, -0.05) is 24.6 Å². The second-order valence-electron chi connectivity index (χ2n) is 7.56. The van der Waals surface area contributed by atoms with Crippen LogP contribution in [-0.4, -0.2) is 22.6 Å². The standard InChI is InChI=1S/C19H25NO4/c1-19(2)11-15(14-8-3-4-9-16(14)24-19)20-17(21)12-6-5-7-13(10-12)18(22)23/h3-4,8-9,12-13,15H,5-7,10-11H2,1-2H3,(H,20,21)(H,22,23). The number of hydrogen-bond donors (Lipinski definition) is 2. The molecule has 1 amide bonds. The number of para-hydroxylation sites is 1. The van der Waals surface area contributed by atoms with Crippen LogP contribution in [0.2, 0.25) is 0 Å². The molecule has 1 aromatic carbocycles. The zero-order valence-corrected chi connectivity index (χ0v) is 14.2. The Morgan fingerprint density at radius 1 is 1.21 bits per heavy atom. The van der Waals surface area contributed by atoms with E-state index in [1.807, 2.05) is 38.1 Å². The number of carboxylic acids is 1. The van der Waals surface area contributed by atoms with Gasteiger partial charge in [-0.2, -0.15) is 0 Å². The molecule has 1 aromatic rings. The van der Waals surface area contributed by atoms with Crippen molar-refractivity contribution in [2.75, 3.05) is 0 Å². The van der Waals surface area contributed by atoms with Crippen molar-refractivity contribution in [3.8, 4) is 5.75 Å². The van der Waals surface area contributed by atoms with E-state index in [0.717, 1.165) is 24.2 Å². The number of amides is 1. The van der Waals surface area contributed by atoms with Crippen molar-refractivity contribution < 1.29 is 19.4 Å². The summed E-state index contributed by atoms with van der Waals surface area (Å²) in [5, 5.41) is 12.4. The van der Waals surface area contributed by atoms with Crippen molar-refractivity contribution in [1.29, 1.82) is 0 Å². The van der Waals surface area contributed by atoms with Crippen molar-refractivity contribution in [2.45, 2.75) is 57.6 Å². The fourth-order valence-electron chi connectivity index (χ4n) is 3.87. The Bertz CT molecular complexity index is 640. The van der Waals surface area contributed by atoms with Gasteiger partial charge in [0.15, 0.2) is 0 Å². The van der Waals surface area contributed by atoms with E-state index in [2.05, 4.69) is 5.32 Å². The predicted molar refractivity (Wildman–Crippen MR) is 89.7 cm³/mol. The highest BCUT2D eigenvalue weighted by atomic mass is 16.5. The van der Waals surface area contributed by atoms with E-state index < -0.39 is 11.9 Å². The number of ether oxygens (including phenoxy) is 1. The second kappa shape index (κ2) is 6.46. The molecular weight excluding hydrogens is 306 g/mol. The minimum absolute atomic E-state index is 0.0292. The van der Waals surface area contributed by atoms with Gasteiger partial charge in [0.1, 0.15) is 11.4 Å². The zero-order chi connectivity index (χ0) is 17.3. The van der Waals surface area contributed by atoms with E-state index in [1.165, 1.54) is 0 Å². The average molecular weight is 331 g/mol. The van der Waals surface area contributed by atoms with E-state index in [-0.39, 0.29) is 23.5 Å². The maximum atomic E-state index is 12.7. The van der Waals surface area contributed by atoms with E-state index >= 15 is 0 Å².